The molecule has 1 aromatic heterocycles. The Morgan fingerprint density at radius 1 is 1.30 bits per heavy atom. The molecule has 1 amide bonds. The van der Waals surface area contributed by atoms with Gasteiger partial charge in [-0.25, -0.2) is 0 Å². The van der Waals surface area contributed by atoms with Crippen LogP contribution >= 0.6 is 11.6 Å². The average Bonchev–Trinajstić information content (AvgIpc) is 2.90. The van der Waals surface area contributed by atoms with E-state index in [9.17, 15) is 22.8 Å². The Kier molecular flexibility index (Phi) is 6.48. The predicted molar refractivity (Wildman–Crippen MR) is 90.3 cm³/mol. The lowest BCUT2D eigenvalue weighted by atomic mass is 10.1. The molecule has 0 aliphatic rings. The first-order chi connectivity index (χ1) is 12.6. The average molecular weight is 405 g/mol. The molecule has 0 saturated heterocycles. The Morgan fingerprint density at radius 2 is 2.00 bits per heavy atom. The summed E-state index contributed by atoms with van der Waals surface area (Å²) in [6, 6.07) is 2.95. The lowest BCUT2D eigenvalue weighted by Gasteiger charge is -2.12. The zero-order valence-corrected chi connectivity index (χ0v) is 15.2. The molecule has 6 nitrogen and oxygen atoms in total. The third kappa shape index (κ3) is 5.72. The lowest BCUT2D eigenvalue weighted by Crippen LogP contribution is -2.21. The molecule has 27 heavy (non-hydrogen) atoms. The van der Waals surface area contributed by atoms with Gasteiger partial charge < -0.3 is 14.6 Å². The molecule has 10 heteroatoms. The van der Waals surface area contributed by atoms with Gasteiger partial charge in [0.15, 0.2) is 6.61 Å². The minimum absolute atomic E-state index is 0.00927. The third-order valence-electron chi connectivity index (χ3n) is 3.68. The van der Waals surface area contributed by atoms with Crippen LogP contribution in [0.1, 0.15) is 29.0 Å². The highest BCUT2D eigenvalue weighted by Crippen LogP contribution is 2.36. The van der Waals surface area contributed by atoms with Gasteiger partial charge in [0.2, 0.25) is 0 Å². The van der Waals surface area contributed by atoms with E-state index in [0.29, 0.717) is 23.9 Å². The van der Waals surface area contributed by atoms with Crippen LogP contribution < -0.4 is 5.32 Å². The molecule has 146 valence electrons. The topological polar surface area (TPSA) is 81.4 Å². The summed E-state index contributed by atoms with van der Waals surface area (Å²) in [5.74, 6) is -0.797. The number of nitrogens with one attached hydrogen (secondary N) is 1. The molecule has 1 heterocycles. The molecule has 2 aromatic rings. The standard InChI is InChI=1S/C17H16ClF3N2O4/c1-9-12(10(2)27-23-9)4-6-16(25)26-8-15(24)22-11-3-5-14(18)13(7-11)17(19,20)21/h3,5,7H,4,6,8H2,1-2H3,(H,22,24). The van der Waals surface area contributed by atoms with E-state index in [4.69, 9.17) is 20.9 Å². The van der Waals surface area contributed by atoms with Gasteiger partial charge in [0.05, 0.1) is 16.3 Å². The highest BCUT2D eigenvalue weighted by atomic mass is 35.5. The number of anilines is 1. The number of aromatic nitrogens is 1. The zero-order chi connectivity index (χ0) is 20.2. The second kappa shape index (κ2) is 8.43. The molecular weight excluding hydrogens is 389 g/mol. The van der Waals surface area contributed by atoms with Crippen molar-refractivity contribution in [1.82, 2.24) is 5.16 Å². The van der Waals surface area contributed by atoms with Crippen LogP contribution in [0, 0.1) is 13.8 Å². The van der Waals surface area contributed by atoms with Gasteiger partial charge in [-0.3, -0.25) is 9.59 Å². The summed E-state index contributed by atoms with van der Waals surface area (Å²) in [4.78, 5) is 23.5. The molecular formula is C17H16ClF3N2O4. The largest absolute Gasteiger partial charge is 0.456 e. The van der Waals surface area contributed by atoms with E-state index in [2.05, 4.69) is 10.5 Å². The smallest absolute Gasteiger partial charge is 0.417 e. The fourth-order valence-electron chi connectivity index (χ4n) is 2.32. The summed E-state index contributed by atoms with van der Waals surface area (Å²) < 4.78 is 48.2. The molecule has 0 atom stereocenters. The minimum atomic E-state index is -4.65. The maximum Gasteiger partial charge on any atom is 0.417 e. The van der Waals surface area contributed by atoms with Crippen LogP contribution in [0.5, 0.6) is 0 Å². The van der Waals surface area contributed by atoms with E-state index >= 15 is 0 Å². The Hall–Kier alpha value is -2.55. The molecule has 0 bridgehead atoms. The van der Waals surface area contributed by atoms with Crippen LogP contribution in [-0.2, 0) is 26.9 Å². The highest BCUT2D eigenvalue weighted by Gasteiger charge is 2.33. The number of carbonyl (C=O) groups is 2. The van der Waals surface area contributed by atoms with Crippen molar-refractivity contribution in [3.05, 3.63) is 45.8 Å². The van der Waals surface area contributed by atoms with Crippen molar-refractivity contribution >= 4 is 29.2 Å². The van der Waals surface area contributed by atoms with Gasteiger partial charge in [-0.2, -0.15) is 13.2 Å². The van der Waals surface area contributed by atoms with Gasteiger partial charge in [0.25, 0.3) is 5.91 Å². The summed E-state index contributed by atoms with van der Waals surface area (Å²) in [6.07, 6.45) is -4.30. The number of hydrogen-bond acceptors (Lipinski definition) is 5. The first kappa shape index (κ1) is 20.8. The van der Waals surface area contributed by atoms with Crippen LogP contribution in [0.3, 0.4) is 0 Å². The summed E-state index contributed by atoms with van der Waals surface area (Å²) >= 11 is 5.51. The van der Waals surface area contributed by atoms with Crippen molar-refractivity contribution in [2.24, 2.45) is 0 Å². The SMILES string of the molecule is Cc1noc(C)c1CCC(=O)OCC(=O)Nc1ccc(Cl)c(C(F)(F)F)c1. The van der Waals surface area contributed by atoms with E-state index in [-0.39, 0.29) is 12.1 Å². The number of ether oxygens (including phenoxy) is 1. The van der Waals surface area contributed by atoms with Gasteiger partial charge in [-0.05, 0) is 38.5 Å². The van der Waals surface area contributed by atoms with Crippen molar-refractivity contribution in [2.45, 2.75) is 32.9 Å². The van der Waals surface area contributed by atoms with Crippen LogP contribution in [0.2, 0.25) is 5.02 Å². The highest BCUT2D eigenvalue weighted by molar-refractivity contribution is 6.31. The number of amides is 1. The summed E-state index contributed by atoms with van der Waals surface area (Å²) in [7, 11) is 0. The van der Waals surface area contributed by atoms with E-state index in [1.54, 1.807) is 13.8 Å². The van der Waals surface area contributed by atoms with Gasteiger partial charge >= 0.3 is 12.1 Å². The van der Waals surface area contributed by atoms with E-state index in [1.165, 1.54) is 6.07 Å². The minimum Gasteiger partial charge on any atom is -0.456 e. The second-order valence-electron chi connectivity index (χ2n) is 5.70. The van der Waals surface area contributed by atoms with Crippen LogP contribution in [-0.4, -0.2) is 23.6 Å². The molecule has 0 saturated carbocycles. The molecule has 2 rings (SSSR count). The second-order valence-corrected chi connectivity index (χ2v) is 6.11. The maximum atomic E-state index is 12.8. The summed E-state index contributed by atoms with van der Waals surface area (Å²) in [5.41, 5.74) is 0.278. The van der Waals surface area contributed by atoms with E-state index < -0.39 is 35.2 Å². The Bertz CT molecular complexity index is 830. The van der Waals surface area contributed by atoms with E-state index in [0.717, 1.165) is 11.6 Å². The van der Waals surface area contributed by atoms with Crippen molar-refractivity contribution in [2.75, 3.05) is 11.9 Å². The molecule has 0 unspecified atom stereocenters. The molecule has 1 aromatic carbocycles. The Balaban J connectivity index is 1.85. The number of benzene rings is 1. The van der Waals surface area contributed by atoms with Crippen LogP contribution in [0.25, 0.3) is 0 Å². The Labute approximate surface area is 157 Å². The van der Waals surface area contributed by atoms with Gasteiger partial charge in [0.1, 0.15) is 5.76 Å². The van der Waals surface area contributed by atoms with E-state index in [1.807, 2.05) is 0 Å². The Morgan fingerprint density at radius 3 is 2.59 bits per heavy atom. The molecule has 0 spiro atoms. The maximum absolute atomic E-state index is 12.8. The predicted octanol–water partition coefficient (Wildman–Crippen LogP) is 4.08. The van der Waals surface area contributed by atoms with Gasteiger partial charge in [-0.1, -0.05) is 16.8 Å². The van der Waals surface area contributed by atoms with Gasteiger partial charge in [-0.15, -0.1) is 0 Å². The first-order valence-corrected chi connectivity index (χ1v) is 8.19. The first-order valence-electron chi connectivity index (χ1n) is 7.82. The quantitative estimate of drug-likeness (QED) is 0.734. The monoisotopic (exact) mass is 404 g/mol. The fourth-order valence-corrected chi connectivity index (χ4v) is 2.55. The summed E-state index contributed by atoms with van der Waals surface area (Å²) in [5, 5.41) is 5.51. The zero-order valence-electron chi connectivity index (χ0n) is 14.4. The van der Waals surface area contributed by atoms with Crippen molar-refractivity contribution in [1.29, 1.82) is 0 Å². The number of aryl methyl sites for hydroxylation is 2. The number of hydrogen-bond donors (Lipinski definition) is 1. The van der Waals surface area contributed by atoms with Crippen molar-refractivity contribution in [3.8, 4) is 0 Å². The molecule has 1 N–H and O–H groups in total. The third-order valence-corrected chi connectivity index (χ3v) is 4.01. The van der Waals surface area contributed by atoms with Crippen LogP contribution in [0.15, 0.2) is 22.7 Å². The number of esters is 1. The number of halogens is 4. The van der Waals surface area contributed by atoms with Crippen molar-refractivity contribution in [3.63, 3.8) is 0 Å². The normalized spacial score (nSPS) is 11.3. The summed E-state index contributed by atoms with van der Waals surface area (Å²) in [6.45, 7) is 2.84. The molecule has 0 fully saturated rings. The fraction of sp³-hybridized carbons (Fsp3) is 0.353. The number of carbonyl (C=O) groups excluding carboxylic acids is 2. The van der Waals surface area contributed by atoms with Gasteiger partial charge in [0, 0.05) is 17.7 Å². The lowest BCUT2D eigenvalue weighted by molar-refractivity contribution is -0.147. The molecule has 0 aliphatic carbocycles. The van der Waals surface area contributed by atoms with Crippen molar-refractivity contribution < 1.29 is 32.0 Å². The number of alkyl halides is 3. The van der Waals surface area contributed by atoms with Crippen LogP contribution in [0.4, 0.5) is 18.9 Å². The number of nitrogens with zero attached hydrogens (tertiary/aromatic N) is 1. The molecule has 0 radical (unpaired) electrons. The number of rotatable bonds is 6. The molecule has 0 aliphatic heterocycles.